The Morgan fingerprint density at radius 2 is 1.85 bits per heavy atom. The number of nitrogens with zero attached hydrogens (tertiary/aromatic N) is 4. The predicted molar refractivity (Wildman–Crippen MR) is 106 cm³/mol. The van der Waals surface area contributed by atoms with Gasteiger partial charge < -0.3 is 9.47 Å². The fourth-order valence-corrected chi connectivity index (χ4v) is 4.23. The van der Waals surface area contributed by atoms with Crippen molar-refractivity contribution in [3.05, 3.63) is 53.6 Å². The number of fused-ring (bicyclic) bond motifs is 1. The molecule has 1 fully saturated rings. The first kappa shape index (κ1) is 18.2. The molecule has 1 unspecified atom stereocenters. The number of hydrogen-bond acceptors (Lipinski definition) is 3. The first-order chi connectivity index (χ1) is 13.1. The van der Waals surface area contributed by atoms with Gasteiger partial charge in [-0.2, -0.15) is 0 Å². The highest BCUT2D eigenvalue weighted by Crippen LogP contribution is 2.23. The molecule has 27 heavy (non-hydrogen) atoms. The molecule has 1 amide bonds. The SMILES string of the molecule is CC(C)c1ccc(CN2CCN(C(=O)C3CCn4cncc4C3)CC2)cc1. The van der Waals surface area contributed by atoms with Crippen molar-refractivity contribution in [1.29, 1.82) is 0 Å². The Labute approximate surface area is 162 Å². The van der Waals surface area contributed by atoms with E-state index >= 15 is 0 Å². The van der Waals surface area contributed by atoms with Crippen LogP contribution in [0.4, 0.5) is 0 Å². The lowest BCUT2D eigenvalue weighted by Gasteiger charge is -2.37. The first-order valence-corrected chi connectivity index (χ1v) is 10.2. The highest BCUT2D eigenvalue weighted by atomic mass is 16.2. The van der Waals surface area contributed by atoms with Crippen LogP contribution in [0.1, 0.15) is 43.0 Å². The minimum absolute atomic E-state index is 0.129. The van der Waals surface area contributed by atoms with Gasteiger partial charge in [-0.1, -0.05) is 38.1 Å². The molecule has 2 aliphatic rings. The lowest BCUT2D eigenvalue weighted by atomic mass is 9.94. The van der Waals surface area contributed by atoms with Crippen molar-refractivity contribution in [3.8, 4) is 0 Å². The number of carbonyl (C=O) groups is 1. The molecular formula is C22H30N4O. The van der Waals surface area contributed by atoms with E-state index in [4.69, 9.17) is 0 Å². The lowest BCUT2D eigenvalue weighted by Crippen LogP contribution is -2.50. The number of piperazine rings is 1. The van der Waals surface area contributed by atoms with Crippen LogP contribution in [0.5, 0.6) is 0 Å². The van der Waals surface area contributed by atoms with Crippen molar-refractivity contribution in [2.24, 2.45) is 5.92 Å². The van der Waals surface area contributed by atoms with Crippen molar-refractivity contribution in [2.45, 2.75) is 45.7 Å². The molecule has 1 aromatic heterocycles. The van der Waals surface area contributed by atoms with Crippen molar-refractivity contribution in [2.75, 3.05) is 26.2 Å². The number of aromatic nitrogens is 2. The first-order valence-electron chi connectivity index (χ1n) is 10.2. The summed E-state index contributed by atoms with van der Waals surface area (Å²) in [5, 5.41) is 0. The Morgan fingerprint density at radius 3 is 2.56 bits per heavy atom. The number of imidazole rings is 1. The number of rotatable bonds is 4. The van der Waals surface area contributed by atoms with Gasteiger partial charge in [-0.3, -0.25) is 9.69 Å². The molecule has 0 N–H and O–H groups in total. The zero-order chi connectivity index (χ0) is 18.8. The minimum atomic E-state index is 0.129. The maximum absolute atomic E-state index is 12.9. The molecule has 144 valence electrons. The molecule has 5 nitrogen and oxygen atoms in total. The molecule has 2 aliphatic heterocycles. The highest BCUT2D eigenvalue weighted by molar-refractivity contribution is 5.79. The highest BCUT2D eigenvalue weighted by Gasteiger charge is 2.30. The standard InChI is InChI=1S/C22H30N4O/c1-17(2)19-5-3-18(4-6-19)15-24-9-11-25(12-10-24)22(27)20-7-8-26-16-23-14-21(26)13-20/h3-6,14,16-17,20H,7-13,15H2,1-2H3. The van der Waals surface area contributed by atoms with Gasteiger partial charge in [0.25, 0.3) is 0 Å². The maximum atomic E-state index is 12.9. The van der Waals surface area contributed by atoms with Crippen LogP contribution in [0.3, 0.4) is 0 Å². The van der Waals surface area contributed by atoms with Gasteiger partial charge in [0.05, 0.1) is 6.33 Å². The summed E-state index contributed by atoms with van der Waals surface area (Å²) in [6, 6.07) is 8.98. The molecule has 3 heterocycles. The van der Waals surface area contributed by atoms with E-state index in [0.717, 1.165) is 52.1 Å². The van der Waals surface area contributed by atoms with Gasteiger partial charge in [-0.05, 0) is 23.5 Å². The Bertz CT molecular complexity index is 772. The molecule has 0 aliphatic carbocycles. The zero-order valence-electron chi connectivity index (χ0n) is 16.5. The normalized spacial score (nSPS) is 20.7. The molecule has 0 radical (unpaired) electrons. The van der Waals surface area contributed by atoms with Gasteiger partial charge in [0.2, 0.25) is 5.91 Å². The third kappa shape index (κ3) is 4.08. The summed E-state index contributed by atoms with van der Waals surface area (Å²) in [5.41, 5.74) is 3.95. The lowest BCUT2D eigenvalue weighted by molar-refractivity contribution is -0.138. The van der Waals surface area contributed by atoms with E-state index in [1.807, 2.05) is 12.5 Å². The molecule has 1 atom stereocenters. The van der Waals surface area contributed by atoms with Crippen LogP contribution in [0, 0.1) is 5.92 Å². The Kier molecular flexibility index (Phi) is 5.30. The van der Waals surface area contributed by atoms with E-state index in [9.17, 15) is 4.79 Å². The van der Waals surface area contributed by atoms with Gasteiger partial charge in [-0.15, -0.1) is 0 Å². The van der Waals surface area contributed by atoms with Crippen LogP contribution < -0.4 is 0 Å². The third-order valence-corrected chi connectivity index (χ3v) is 6.06. The molecule has 0 spiro atoms. The van der Waals surface area contributed by atoms with E-state index in [1.165, 1.54) is 16.8 Å². The van der Waals surface area contributed by atoms with Gasteiger partial charge >= 0.3 is 0 Å². The van der Waals surface area contributed by atoms with Gasteiger partial charge in [-0.25, -0.2) is 4.98 Å². The van der Waals surface area contributed by atoms with E-state index in [1.54, 1.807) is 0 Å². The predicted octanol–water partition coefficient (Wildman–Crippen LogP) is 2.91. The summed E-state index contributed by atoms with van der Waals surface area (Å²) in [7, 11) is 0. The van der Waals surface area contributed by atoms with E-state index in [2.05, 4.69) is 57.5 Å². The summed E-state index contributed by atoms with van der Waals surface area (Å²) in [6.07, 6.45) is 5.55. The fourth-order valence-electron chi connectivity index (χ4n) is 4.23. The molecule has 0 bridgehead atoms. The van der Waals surface area contributed by atoms with Crippen molar-refractivity contribution in [1.82, 2.24) is 19.4 Å². The second-order valence-corrected chi connectivity index (χ2v) is 8.27. The van der Waals surface area contributed by atoms with Crippen LogP contribution >= 0.6 is 0 Å². The fraction of sp³-hybridized carbons (Fsp3) is 0.545. The van der Waals surface area contributed by atoms with Crippen LogP contribution in [-0.4, -0.2) is 51.4 Å². The van der Waals surface area contributed by atoms with Crippen LogP contribution in [-0.2, 0) is 24.3 Å². The minimum Gasteiger partial charge on any atom is -0.340 e. The molecule has 5 heteroatoms. The molecule has 4 rings (SSSR count). The second-order valence-electron chi connectivity index (χ2n) is 8.27. The van der Waals surface area contributed by atoms with Crippen molar-refractivity contribution < 1.29 is 4.79 Å². The molecule has 1 saturated heterocycles. The Hall–Kier alpha value is -2.14. The molecule has 2 aromatic rings. The average Bonchev–Trinajstić information content (AvgIpc) is 3.16. The number of hydrogen-bond donors (Lipinski definition) is 0. The van der Waals surface area contributed by atoms with Crippen LogP contribution in [0.25, 0.3) is 0 Å². The summed E-state index contributed by atoms with van der Waals surface area (Å²) < 4.78 is 2.17. The van der Waals surface area contributed by atoms with Gasteiger partial charge in [0, 0.05) is 63.5 Å². The Balaban J connectivity index is 1.28. The number of benzene rings is 1. The summed E-state index contributed by atoms with van der Waals surface area (Å²) in [5.74, 6) is 1.04. The van der Waals surface area contributed by atoms with E-state index in [-0.39, 0.29) is 5.92 Å². The number of amides is 1. The average molecular weight is 367 g/mol. The molecular weight excluding hydrogens is 336 g/mol. The quantitative estimate of drug-likeness (QED) is 0.835. The largest absolute Gasteiger partial charge is 0.340 e. The number of aryl methyl sites for hydroxylation is 1. The van der Waals surface area contributed by atoms with E-state index in [0.29, 0.717) is 11.8 Å². The topological polar surface area (TPSA) is 41.4 Å². The third-order valence-electron chi connectivity index (χ3n) is 6.06. The van der Waals surface area contributed by atoms with Gasteiger partial charge in [0.1, 0.15) is 0 Å². The van der Waals surface area contributed by atoms with Crippen molar-refractivity contribution in [3.63, 3.8) is 0 Å². The van der Waals surface area contributed by atoms with Gasteiger partial charge in [0.15, 0.2) is 0 Å². The van der Waals surface area contributed by atoms with Crippen LogP contribution in [0.2, 0.25) is 0 Å². The summed E-state index contributed by atoms with van der Waals surface area (Å²) in [6.45, 7) is 9.96. The number of carbonyl (C=O) groups excluding carboxylic acids is 1. The zero-order valence-corrected chi connectivity index (χ0v) is 16.5. The molecule has 1 aromatic carbocycles. The van der Waals surface area contributed by atoms with Crippen molar-refractivity contribution >= 4 is 5.91 Å². The Morgan fingerprint density at radius 1 is 1.11 bits per heavy atom. The maximum Gasteiger partial charge on any atom is 0.226 e. The van der Waals surface area contributed by atoms with Crippen LogP contribution in [0.15, 0.2) is 36.8 Å². The summed E-state index contributed by atoms with van der Waals surface area (Å²) >= 11 is 0. The monoisotopic (exact) mass is 366 g/mol. The smallest absolute Gasteiger partial charge is 0.226 e. The molecule has 0 saturated carbocycles. The second kappa shape index (κ2) is 7.85. The summed E-state index contributed by atoms with van der Waals surface area (Å²) in [4.78, 5) is 21.7. The van der Waals surface area contributed by atoms with E-state index < -0.39 is 0 Å².